The minimum Gasteiger partial charge on any atom is -0.396 e. The first-order chi connectivity index (χ1) is 12.2. The van der Waals surface area contributed by atoms with Crippen LogP contribution in [0, 0.1) is 0 Å². The molecule has 2 N–H and O–H groups in total. The van der Waals surface area contributed by atoms with Crippen molar-refractivity contribution < 1.29 is 19.2 Å². The third-order valence-electron chi connectivity index (χ3n) is 5.33. The summed E-state index contributed by atoms with van der Waals surface area (Å²) in [5.41, 5.74) is 3.06. The summed E-state index contributed by atoms with van der Waals surface area (Å²) in [7, 11) is 0. The summed E-state index contributed by atoms with van der Waals surface area (Å²) >= 11 is 0. The second kappa shape index (κ2) is 6.61. The average molecular weight is 342 g/mol. The Hall–Kier alpha value is -2.18. The number of aliphatic hydroxyl groups is 1. The zero-order chi connectivity index (χ0) is 17.3. The summed E-state index contributed by atoms with van der Waals surface area (Å²) < 4.78 is 10.9. The monoisotopic (exact) mass is 342 g/mol. The Morgan fingerprint density at radius 1 is 1.24 bits per heavy atom. The van der Waals surface area contributed by atoms with Gasteiger partial charge in [-0.3, -0.25) is 4.79 Å². The van der Waals surface area contributed by atoms with E-state index in [-0.39, 0.29) is 12.5 Å². The van der Waals surface area contributed by atoms with E-state index in [0.29, 0.717) is 43.9 Å². The molecule has 2 aliphatic rings. The van der Waals surface area contributed by atoms with Crippen molar-refractivity contribution in [2.45, 2.75) is 37.6 Å². The largest absolute Gasteiger partial charge is 0.396 e. The minimum atomic E-state index is -0.428. The van der Waals surface area contributed by atoms with Crippen molar-refractivity contribution in [1.82, 2.24) is 10.5 Å². The third-order valence-corrected chi connectivity index (χ3v) is 5.33. The number of hydrogen-bond donors (Lipinski definition) is 2. The standard InChI is InChI=1S/C19H22N2O4/c22-10-7-19(8-11-24-12-9-19)20-18(23)16-15-6-5-13-3-1-2-4-14(13)17(15)25-21-16/h1-4,22H,5-12H2,(H,20,23). The molecule has 1 fully saturated rings. The van der Waals surface area contributed by atoms with Crippen LogP contribution in [0.25, 0.3) is 11.3 Å². The number of carbonyl (C=O) groups excluding carboxylic acids is 1. The van der Waals surface area contributed by atoms with Gasteiger partial charge in [0.15, 0.2) is 11.5 Å². The van der Waals surface area contributed by atoms with E-state index >= 15 is 0 Å². The first kappa shape index (κ1) is 16.3. The smallest absolute Gasteiger partial charge is 0.274 e. The molecule has 1 aromatic heterocycles. The van der Waals surface area contributed by atoms with Crippen LogP contribution in [0.5, 0.6) is 0 Å². The topological polar surface area (TPSA) is 84.6 Å². The number of carbonyl (C=O) groups is 1. The average Bonchev–Trinajstić information content (AvgIpc) is 3.07. The molecule has 2 heterocycles. The zero-order valence-corrected chi connectivity index (χ0v) is 14.1. The van der Waals surface area contributed by atoms with Gasteiger partial charge in [0.05, 0.1) is 0 Å². The fourth-order valence-electron chi connectivity index (χ4n) is 3.86. The number of aromatic nitrogens is 1. The number of aliphatic hydroxyl groups excluding tert-OH is 1. The molecule has 2 aromatic rings. The highest BCUT2D eigenvalue weighted by Gasteiger charge is 2.36. The molecule has 0 radical (unpaired) electrons. The minimum absolute atomic E-state index is 0.0323. The molecule has 0 spiro atoms. The summed E-state index contributed by atoms with van der Waals surface area (Å²) in [5.74, 6) is 0.481. The number of amides is 1. The number of ether oxygens (including phenoxy) is 1. The lowest BCUT2D eigenvalue weighted by atomic mass is 9.86. The van der Waals surface area contributed by atoms with Gasteiger partial charge < -0.3 is 19.7 Å². The highest BCUT2D eigenvalue weighted by atomic mass is 16.5. The molecule has 6 nitrogen and oxygen atoms in total. The van der Waals surface area contributed by atoms with Gasteiger partial charge in [-0.2, -0.15) is 0 Å². The molecule has 1 aromatic carbocycles. The van der Waals surface area contributed by atoms with Crippen LogP contribution in [-0.2, 0) is 17.6 Å². The van der Waals surface area contributed by atoms with Gasteiger partial charge in [-0.25, -0.2) is 0 Å². The van der Waals surface area contributed by atoms with Gasteiger partial charge in [-0.1, -0.05) is 29.4 Å². The molecule has 0 atom stereocenters. The van der Waals surface area contributed by atoms with Crippen molar-refractivity contribution in [1.29, 1.82) is 0 Å². The van der Waals surface area contributed by atoms with Crippen molar-refractivity contribution in [2.24, 2.45) is 0 Å². The Balaban J connectivity index is 1.61. The molecule has 0 saturated carbocycles. The molecule has 1 aliphatic carbocycles. The normalized spacial score (nSPS) is 18.3. The van der Waals surface area contributed by atoms with Crippen LogP contribution >= 0.6 is 0 Å². The number of aryl methyl sites for hydroxylation is 1. The maximum Gasteiger partial charge on any atom is 0.274 e. The van der Waals surface area contributed by atoms with E-state index in [0.717, 1.165) is 24.0 Å². The van der Waals surface area contributed by atoms with Crippen molar-refractivity contribution >= 4 is 5.91 Å². The molecule has 4 rings (SSSR count). The second-order valence-electron chi connectivity index (χ2n) is 6.82. The van der Waals surface area contributed by atoms with E-state index in [9.17, 15) is 9.90 Å². The van der Waals surface area contributed by atoms with E-state index in [1.54, 1.807) is 0 Å². The number of hydrogen-bond acceptors (Lipinski definition) is 5. The molecular formula is C19H22N2O4. The number of benzene rings is 1. The summed E-state index contributed by atoms with van der Waals surface area (Å²) in [4.78, 5) is 12.9. The lowest BCUT2D eigenvalue weighted by Gasteiger charge is -2.37. The Labute approximate surface area is 146 Å². The van der Waals surface area contributed by atoms with Crippen molar-refractivity contribution in [3.05, 3.63) is 41.1 Å². The Morgan fingerprint density at radius 3 is 2.84 bits per heavy atom. The Morgan fingerprint density at radius 2 is 2.04 bits per heavy atom. The summed E-state index contributed by atoms with van der Waals surface area (Å²) in [6, 6.07) is 8.07. The molecule has 0 unspecified atom stereocenters. The maximum atomic E-state index is 12.9. The van der Waals surface area contributed by atoms with Gasteiger partial charge in [-0.15, -0.1) is 0 Å². The lowest BCUT2D eigenvalue weighted by molar-refractivity contribution is 0.0265. The molecule has 132 valence electrons. The van der Waals surface area contributed by atoms with Crippen molar-refractivity contribution in [3.8, 4) is 11.3 Å². The molecular weight excluding hydrogens is 320 g/mol. The van der Waals surface area contributed by atoms with Gasteiger partial charge in [0, 0.05) is 36.5 Å². The van der Waals surface area contributed by atoms with E-state index in [4.69, 9.17) is 9.26 Å². The molecule has 1 amide bonds. The number of nitrogens with zero attached hydrogens (tertiary/aromatic N) is 1. The van der Waals surface area contributed by atoms with Gasteiger partial charge in [0.25, 0.3) is 5.91 Å². The Bertz CT molecular complexity index is 772. The van der Waals surface area contributed by atoms with Crippen LogP contribution in [0.3, 0.4) is 0 Å². The van der Waals surface area contributed by atoms with Crippen LogP contribution in [0.4, 0.5) is 0 Å². The predicted molar refractivity (Wildman–Crippen MR) is 91.3 cm³/mol. The number of nitrogens with one attached hydrogen (secondary N) is 1. The van der Waals surface area contributed by atoms with Crippen LogP contribution in [-0.4, -0.2) is 41.5 Å². The quantitative estimate of drug-likeness (QED) is 0.889. The first-order valence-corrected chi connectivity index (χ1v) is 8.80. The van der Waals surface area contributed by atoms with E-state index < -0.39 is 5.54 Å². The summed E-state index contributed by atoms with van der Waals surface area (Å²) in [6.07, 6.45) is 3.53. The first-order valence-electron chi connectivity index (χ1n) is 8.80. The van der Waals surface area contributed by atoms with E-state index in [1.165, 1.54) is 5.56 Å². The zero-order valence-electron chi connectivity index (χ0n) is 14.1. The highest BCUT2D eigenvalue weighted by Crippen LogP contribution is 2.35. The van der Waals surface area contributed by atoms with Crippen LogP contribution in [0.15, 0.2) is 28.8 Å². The fourth-order valence-corrected chi connectivity index (χ4v) is 3.86. The second-order valence-corrected chi connectivity index (χ2v) is 6.82. The fraction of sp³-hybridized carbons (Fsp3) is 0.474. The van der Waals surface area contributed by atoms with E-state index in [1.807, 2.05) is 18.2 Å². The number of rotatable bonds is 4. The van der Waals surface area contributed by atoms with E-state index in [2.05, 4.69) is 16.5 Å². The lowest BCUT2D eigenvalue weighted by Crippen LogP contribution is -2.52. The van der Waals surface area contributed by atoms with Gasteiger partial charge in [0.2, 0.25) is 0 Å². The predicted octanol–water partition coefficient (Wildman–Crippen LogP) is 2.10. The van der Waals surface area contributed by atoms with Crippen LogP contribution < -0.4 is 5.32 Å². The third kappa shape index (κ3) is 2.96. The SMILES string of the molecule is O=C(NC1(CCO)CCOCC1)c1noc2c1CCc1ccccc1-2. The summed E-state index contributed by atoms with van der Waals surface area (Å²) in [5, 5.41) is 16.6. The molecule has 25 heavy (non-hydrogen) atoms. The Kier molecular flexibility index (Phi) is 4.31. The van der Waals surface area contributed by atoms with Gasteiger partial charge in [0.1, 0.15) is 0 Å². The van der Waals surface area contributed by atoms with Crippen LogP contribution in [0.1, 0.15) is 40.9 Å². The summed E-state index contributed by atoms with van der Waals surface area (Å²) in [6.45, 7) is 1.21. The van der Waals surface area contributed by atoms with Gasteiger partial charge >= 0.3 is 0 Å². The molecule has 1 saturated heterocycles. The maximum absolute atomic E-state index is 12.9. The molecule has 1 aliphatic heterocycles. The van der Waals surface area contributed by atoms with Crippen molar-refractivity contribution in [3.63, 3.8) is 0 Å². The molecule has 0 bridgehead atoms. The highest BCUT2D eigenvalue weighted by molar-refractivity contribution is 5.96. The number of fused-ring (bicyclic) bond motifs is 3. The van der Waals surface area contributed by atoms with Crippen LogP contribution in [0.2, 0.25) is 0 Å². The molecule has 6 heteroatoms. The van der Waals surface area contributed by atoms with Crippen molar-refractivity contribution in [2.75, 3.05) is 19.8 Å². The van der Waals surface area contributed by atoms with Gasteiger partial charge in [-0.05, 0) is 37.7 Å².